The highest BCUT2D eigenvalue weighted by Gasteiger charge is 2.10. The number of hydrogen-bond acceptors (Lipinski definition) is 2. The summed E-state index contributed by atoms with van der Waals surface area (Å²) < 4.78 is 0. The maximum absolute atomic E-state index is 10.1. The van der Waals surface area contributed by atoms with Gasteiger partial charge < -0.3 is 10.2 Å². The molecule has 2 nitrogen and oxygen atoms in total. The topological polar surface area (TPSA) is 40.5 Å². The Morgan fingerprint density at radius 2 is 1.19 bits per heavy atom. The lowest BCUT2D eigenvalue weighted by Gasteiger charge is -2.11. The highest BCUT2D eigenvalue weighted by Crippen LogP contribution is 2.39. The molecule has 2 N–H and O–H groups in total. The lowest BCUT2D eigenvalue weighted by molar-refractivity contribution is 0.408. The summed E-state index contributed by atoms with van der Waals surface area (Å²) in [5, 5.41) is 26.1. The van der Waals surface area contributed by atoms with Gasteiger partial charge in [-0.3, -0.25) is 0 Å². The average molecular weight is 274 g/mol. The third kappa shape index (κ3) is 1.59. The molecule has 0 unspecified atom stereocenters. The fourth-order valence-corrected chi connectivity index (χ4v) is 3.15. The number of benzene rings is 4. The third-order valence-corrected chi connectivity index (χ3v) is 4.20. The van der Waals surface area contributed by atoms with Crippen molar-refractivity contribution in [1.29, 1.82) is 0 Å². The molecule has 4 aromatic carbocycles. The van der Waals surface area contributed by atoms with Gasteiger partial charge in [0.05, 0.1) is 0 Å². The van der Waals surface area contributed by atoms with Crippen molar-refractivity contribution < 1.29 is 10.2 Å². The smallest absolute Gasteiger partial charge is 0.165 e. The monoisotopic (exact) mass is 274 g/mol. The molecule has 4 rings (SSSR count). The first-order chi connectivity index (χ1) is 10.2. The van der Waals surface area contributed by atoms with Crippen molar-refractivity contribution in [3.05, 3.63) is 60.2 Å². The Morgan fingerprint density at radius 1 is 0.619 bits per heavy atom. The van der Waals surface area contributed by atoms with Crippen LogP contribution >= 0.6 is 0 Å². The fraction of sp³-hybridized carbons (Fsp3) is 0.0526. The van der Waals surface area contributed by atoms with Crippen molar-refractivity contribution in [2.24, 2.45) is 0 Å². The van der Waals surface area contributed by atoms with Crippen LogP contribution in [0.25, 0.3) is 32.3 Å². The quantitative estimate of drug-likeness (QED) is 0.355. The summed E-state index contributed by atoms with van der Waals surface area (Å²) in [5.74, 6) is -0.139. The van der Waals surface area contributed by atoms with E-state index in [0.29, 0.717) is 5.39 Å². The Balaban J connectivity index is 2.30. The minimum absolute atomic E-state index is 0.0554. The van der Waals surface area contributed by atoms with Crippen molar-refractivity contribution in [3.8, 4) is 11.5 Å². The Hall–Kier alpha value is -2.74. The maximum Gasteiger partial charge on any atom is 0.165 e. The largest absolute Gasteiger partial charge is 0.504 e. The number of rotatable bonds is 0. The standard InChI is InChI=1S/C19H14O2/c1-11-10-17-14(13-5-3-2-4-12(11)13)6-7-16-15(17)8-9-18(20)19(16)21/h2-10,20-21H,1H3. The minimum Gasteiger partial charge on any atom is -0.504 e. The Morgan fingerprint density at radius 3 is 2.00 bits per heavy atom. The van der Waals surface area contributed by atoms with Gasteiger partial charge in [0.25, 0.3) is 0 Å². The molecule has 102 valence electrons. The number of phenolic OH excluding ortho intramolecular Hbond substituents is 2. The number of aryl methyl sites for hydroxylation is 1. The van der Waals surface area contributed by atoms with E-state index >= 15 is 0 Å². The molecule has 0 amide bonds. The summed E-state index contributed by atoms with van der Waals surface area (Å²) in [6.07, 6.45) is 0. The molecular formula is C19H14O2. The van der Waals surface area contributed by atoms with E-state index in [1.165, 1.54) is 16.3 Å². The lowest BCUT2D eigenvalue weighted by Crippen LogP contribution is -1.84. The van der Waals surface area contributed by atoms with Crippen LogP contribution < -0.4 is 0 Å². The van der Waals surface area contributed by atoms with Crippen LogP contribution in [0.15, 0.2) is 54.6 Å². The summed E-state index contributed by atoms with van der Waals surface area (Å²) in [7, 11) is 0. The molecule has 0 aliphatic rings. The van der Waals surface area contributed by atoms with E-state index in [1.54, 1.807) is 6.07 Å². The molecule has 21 heavy (non-hydrogen) atoms. The lowest BCUT2D eigenvalue weighted by atomic mass is 9.94. The summed E-state index contributed by atoms with van der Waals surface area (Å²) >= 11 is 0. The van der Waals surface area contributed by atoms with E-state index in [-0.39, 0.29) is 11.5 Å². The van der Waals surface area contributed by atoms with Crippen molar-refractivity contribution in [2.75, 3.05) is 0 Å². The second kappa shape index (κ2) is 4.13. The first kappa shape index (κ1) is 12.0. The summed E-state index contributed by atoms with van der Waals surface area (Å²) in [6.45, 7) is 2.10. The molecule has 0 fully saturated rings. The van der Waals surface area contributed by atoms with Crippen LogP contribution in [-0.2, 0) is 0 Å². The Kier molecular flexibility index (Phi) is 2.36. The second-order valence-electron chi connectivity index (χ2n) is 5.43. The van der Waals surface area contributed by atoms with E-state index < -0.39 is 0 Å². The minimum atomic E-state index is -0.0839. The highest BCUT2D eigenvalue weighted by atomic mass is 16.3. The molecule has 0 spiro atoms. The van der Waals surface area contributed by atoms with Gasteiger partial charge in [-0.25, -0.2) is 0 Å². The van der Waals surface area contributed by atoms with Crippen LogP contribution in [0, 0.1) is 6.92 Å². The molecule has 2 heteroatoms. The summed E-state index contributed by atoms with van der Waals surface area (Å²) in [4.78, 5) is 0. The Labute approximate surface area is 121 Å². The van der Waals surface area contributed by atoms with Gasteiger partial charge in [0.2, 0.25) is 0 Å². The van der Waals surface area contributed by atoms with Crippen LogP contribution in [0.1, 0.15) is 5.56 Å². The predicted octanol–water partition coefficient (Wildman–Crippen LogP) is 4.87. The van der Waals surface area contributed by atoms with Gasteiger partial charge in [0.1, 0.15) is 0 Å². The second-order valence-corrected chi connectivity index (χ2v) is 5.43. The zero-order valence-corrected chi connectivity index (χ0v) is 11.6. The van der Waals surface area contributed by atoms with Gasteiger partial charge in [0, 0.05) is 5.39 Å². The van der Waals surface area contributed by atoms with Gasteiger partial charge >= 0.3 is 0 Å². The zero-order valence-electron chi connectivity index (χ0n) is 11.6. The average Bonchev–Trinajstić information content (AvgIpc) is 2.51. The molecule has 0 bridgehead atoms. The van der Waals surface area contributed by atoms with Crippen LogP contribution in [-0.4, -0.2) is 10.2 Å². The molecule has 0 saturated heterocycles. The van der Waals surface area contributed by atoms with Crippen molar-refractivity contribution in [1.82, 2.24) is 0 Å². The van der Waals surface area contributed by atoms with Gasteiger partial charge in [0.15, 0.2) is 11.5 Å². The van der Waals surface area contributed by atoms with E-state index in [2.05, 4.69) is 25.1 Å². The van der Waals surface area contributed by atoms with Gasteiger partial charge in [-0.2, -0.15) is 0 Å². The van der Waals surface area contributed by atoms with E-state index in [1.807, 2.05) is 30.3 Å². The molecule has 0 saturated carbocycles. The van der Waals surface area contributed by atoms with Crippen LogP contribution in [0.5, 0.6) is 11.5 Å². The van der Waals surface area contributed by atoms with Gasteiger partial charge in [-0.05, 0) is 57.6 Å². The van der Waals surface area contributed by atoms with E-state index in [9.17, 15) is 10.2 Å². The number of phenols is 2. The Bertz CT molecular complexity index is 1020. The zero-order chi connectivity index (χ0) is 14.6. The first-order valence-corrected chi connectivity index (χ1v) is 6.92. The molecular weight excluding hydrogens is 260 g/mol. The van der Waals surface area contributed by atoms with E-state index in [0.717, 1.165) is 16.2 Å². The number of aromatic hydroxyl groups is 2. The van der Waals surface area contributed by atoms with Crippen molar-refractivity contribution in [2.45, 2.75) is 6.92 Å². The molecule has 0 aliphatic carbocycles. The summed E-state index contributed by atoms with van der Waals surface area (Å²) in [6, 6.07) is 17.8. The normalized spacial score (nSPS) is 11.5. The summed E-state index contributed by atoms with van der Waals surface area (Å²) in [5.41, 5.74) is 1.21. The SMILES string of the molecule is Cc1cc2c3ccc(O)c(O)c3ccc2c2ccccc12. The first-order valence-electron chi connectivity index (χ1n) is 6.92. The highest BCUT2D eigenvalue weighted by molar-refractivity contribution is 6.19. The molecule has 0 aromatic heterocycles. The van der Waals surface area contributed by atoms with E-state index in [4.69, 9.17) is 0 Å². The van der Waals surface area contributed by atoms with Crippen molar-refractivity contribution >= 4 is 32.3 Å². The molecule has 4 aromatic rings. The van der Waals surface area contributed by atoms with Gasteiger partial charge in [-0.1, -0.05) is 36.4 Å². The van der Waals surface area contributed by atoms with Crippen LogP contribution in [0.4, 0.5) is 0 Å². The molecule has 0 heterocycles. The number of fused-ring (bicyclic) bond motifs is 5. The molecule has 0 radical (unpaired) electrons. The fourth-order valence-electron chi connectivity index (χ4n) is 3.15. The number of hydrogen-bond donors (Lipinski definition) is 2. The molecule has 0 aliphatic heterocycles. The maximum atomic E-state index is 10.1. The third-order valence-electron chi connectivity index (χ3n) is 4.20. The van der Waals surface area contributed by atoms with Gasteiger partial charge in [-0.15, -0.1) is 0 Å². The van der Waals surface area contributed by atoms with Crippen molar-refractivity contribution in [3.63, 3.8) is 0 Å². The predicted molar refractivity (Wildman–Crippen MR) is 87.0 cm³/mol. The van der Waals surface area contributed by atoms with Crippen LogP contribution in [0.2, 0.25) is 0 Å². The van der Waals surface area contributed by atoms with Crippen LogP contribution in [0.3, 0.4) is 0 Å². The molecule has 0 atom stereocenters.